The Balaban J connectivity index is 1.70. The molecule has 1 saturated carbocycles. The lowest BCUT2D eigenvalue weighted by Gasteiger charge is -2.16. The number of pyridine rings is 1. The van der Waals surface area contributed by atoms with Crippen LogP contribution in [-0.4, -0.2) is 29.0 Å². The van der Waals surface area contributed by atoms with E-state index in [9.17, 15) is 4.79 Å². The summed E-state index contributed by atoms with van der Waals surface area (Å²) < 4.78 is 5.31. The molecule has 0 radical (unpaired) electrons. The van der Waals surface area contributed by atoms with E-state index in [1.165, 1.54) is 11.3 Å². The van der Waals surface area contributed by atoms with Crippen LogP contribution in [0.2, 0.25) is 0 Å². The molecule has 1 aliphatic carbocycles. The monoisotopic (exact) mass is 332 g/mol. The fourth-order valence-electron chi connectivity index (χ4n) is 2.38. The first-order chi connectivity index (χ1) is 11.1. The number of aromatic nitrogens is 2. The van der Waals surface area contributed by atoms with Crippen molar-refractivity contribution in [2.45, 2.75) is 39.3 Å². The molecule has 1 amide bonds. The van der Waals surface area contributed by atoms with Crippen molar-refractivity contribution in [2.24, 2.45) is 0 Å². The number of hydrogen-bond acceptors (Lipinski definition) is 6. The Kier molecular flexibility index (Phi) is 4.47. The molecule has 0 aromatic carbocycles. The number of nitrogens with one attached hydrogen (secondary N) is 1. The van der Waals surface area contributed by atoms with Crippen LogP contribution in [0, 0.1) is 6.92 Å². The molecule has 1 fully saturated rings. The van der Waals surface area contributed by atoms with Crippen LogP contribution >= 0.6 is 11.3 Å². The zero-order chi connectivity index (χ0) is 16.4. The van der Waals surface area contributed by atoms with Crippen molar-refractivity contribution in [1.29, 1.82) is 0 Å². The Morgan fingerprint density at radius 2 is 2.22 bits per heavy atom. The van der Waals surface area contributed by atoms with Crippen LogP contribution in [0.4, 0.5) is 10.9 Å². The van der Waals surface area contributed by atoms with Gasteiger partial charge in [-0.2, -0.15) is 0 Å². The predicted molar refractivity (Wildman–Crippen MR) is 91.1 cm³/mol. The van der Waals surface area contributed by atoms with E-state index in [4.69, 9.17) is 4.74 Å². The van der Waals surface area contributed by atoms with Gasteiger partial charge >= 0.3 is 0 Å². The summed E-state index contributed by atoms with van der Waals surface area (Å²) in [6.45, 7) is 4.07. The van der Waals surface area contributed by atoms with Gasteiger partial charge in [-0.1, -0.05) is 0 Å². The molecular weight excluding hydrogens is 312 g/mol. The van der Waals surface area contributed by atoms with Crippen molar-refractivity contribution in [2.75, 3.05) is 17.3 Å². The van der Waals surface area contributed by atoms with Gasteiger partial charge < -0.3 is 10.1 Å². The lowest BCUT2D eigenvalue weighted by atomic mass is 10.3. The minimum absolute atomic E-state index is 0.0587. The van der Waals surface area contributed by atoms with Crippen LogP contribution < -0.4 is 15.0 Å². The Morgan fingerprint density at radius 3 is 2.87 bits per heavy atom. The summed E-state index contributed by atoms with van der Waals surface area (Å²) in [5.74, 6) is 1.46. The molecule has 0 saturated heterocycles. The number of amides is 1. The molecule has 0 bridgehead atoms. The maximum atomic E-state index is 11.8. The molecule has 7 heteroatoms. The predicted octanol–water partition coefficient (Wildman–Crippen LogP) is 2.98. The van der Waals surface area contributed by atoms with Crippen LogP contribution in [0.15, 0.2) is 17.5 Å². The van der Waals surface area contributed by atoms with Gasteiger partial charge in [-0.3, -0.25) is 9.69 Å². The number of anilines is 2. The number of hydrogen-bond donors (Lipinski definition) is 1. The number of ether oxygens (including phenoxy) is 1. The maximum absolute atomic E-state index is 11.8. The highest BCUT2D eigenvalue weighted by Gasteiger charge is 2.33. The Bertz CT molecular complexity index is 712. The zero-order valence-electron chi connectivity index (χ0n) is 13.5. The number of rotatable bonds is 6. The van der Waals surface area contributed by atoms with E-state index in [1.54, 1.807) is 18.9 Å². The van der Waals surface area contributed by atoms with E-state index in [1.807, 2.05) is 24.4 Å². The summed E-state index contributed by atoms with van der Waals surface area (Å²) in [4.78, 5) is 22.6. The van der Waals surface area contributed by atoms with Gasteiger partial charge in [0.2, 0.25) is 5.91 Å². The Labute approximate surface area is 139 Å². The van der Waals surface area contributed by atoms with E-state index < -0.39 is 0 Å². The third-order valence-electron chi connectivity index (χ3n) is 3.65. The molecule has 1 N–H and O–H groups in total. The largest absolute Gasteiger partial charge is 0.493 e. The molecule has 0 aliphatic heterocycles. The summed E-state index contributed by atoms with van der Waals surface area (Å²) in [5.41, 5.74) is 1.81. The quantitative estimate of drug-likeness (QED) is 0.881. The van der Waals surface area contributed by atoms with Gasteiger partial charge in [0, 0.05) is 24.0 Å². The molecule has 122 valence electrons. The van der Waals surface area contributed by atoms with Crippen molar-refractivity contribution in [3.63, 3.8) is 0 Å². The molecule has 23 heavy (non-hydrogen) atoms. The topological polar surface area (TPSA) is 67.3 Å². The highest BCUT2D eigenvalue weighted by molar-refractivity contribution is 7.14. The van der Waals surface area contributed by atoms with Gasteiger partial charge in [0.15, 0.2) is 16.7 Å². The summed E-state index contributed by atoms with van der Waals surface area (Å²) in [6, 6.07) is 4.13. The highest BCUT2D eigenvalue weighted by atomic mass is 32.1. The molecule has 2 aromatic rings. The molecule has 2 heterocycles. The molecule has 6 nitrogen and oxygen atoms in total. The molecule has 1 aliphatic rings. The van der Waals surface area contributed by atoms with Crippen molar-refractivity contribution >= 4 is 28.2 Å². The van der Waals surface area contributed by atoms with Gasteiger partial charge in [0.05, 0.1) is 19.3 Å². The average Bonchev–Trinajstić information content (AvgIpc) is 3.23. The van der Waals surface area contributed by atoms with Crippen LogP contribution in [0.1, 0.15) is 31.2 Å². The van der Waals surface area contributed by atoms with Gasteiger partial charge in [0.1, 0.15) is 0 Å². The van der Waals surface area contributed by atoms with Crippen LogP contribution in [0.5, 0.6) is 5.75 Å². The molecule has 3 rings (SSSR count). The fraction of sp³-hybridized carbons (Fsp3) is 0.438. The van der Waals surface area contributed by atoms with Crippen molar-refractivity contribution in [1.82, 2.24) is 9.97 Å². The standard InChI is InChI=1S/C16H20N4O2S/c1-10-4-7-14(22-3)15(18-10)17-8-12-9-23-16(19-12)20(11(2)21)13-5-6-13/h4,7,9,13H,5-6,8H2,1-3H3,(H,17,18). The lowest BCUT2D eigenvalue weighted by molar-refractivity contribution is -0.116. The van der Waals surface area contributed by atoms with Crippen LogP contribution in [-0.2, 0) is 11.3 Å². The van der Waals surface area contributed by atoms with E-state index in [0.717, 1.165) is 29.4 Å². The first-order valence-corrected chi connectivity index (χ1v) is 8.46. The van der Waals surface area contributed by atoms with Gasteiger partial charge in [-0.05, 0) is 31.9 Å². The van der Waals surface area contributed by atoms with Crippen molar-refractivity contribution < 1.29 is 9.53 Å². The van der Waals surface area contributed by atoms with Gasteiger partial charge in [-0.25, -0.2) is 9.97 Å². The number of aryl methyl sites for hydroxylation is 1. The molecule has 0 atom stereocenters. The molecule has 2 aromatic heterocycles. The van der Waals surface area contributed by atoms with E-state index in [-0.39, 0.29) is 5.91 Å². The third kappa shape index (κ3) is 3.61. The number of methoxy groups -OCH3 is 1. The molecule has 0 spiro atoms. The van der Waals surface area contributed by atoms with Crippen molar-refractivity contribution in [3.05, 3.63) is 28.9 Å². The Morgan fingerprint density at radius 1 is 1.43 bits per heavy atom. The number of carbonyl (C=O) groups is 1. The maximum Gasteiger partial charge on any atom is 0.225 e. The van der Waals surface area contributed by atoms with E-state index in [2.05, 4.69) is 15.3 Å². The molecule has 0 unspecified atom stereocenters. The number of thiazole rings is 1. The number of nitrogens with zero attached hydrogens (tertiary/aromatic N) is 3. The van der Waals surface area contributed by atoms with E-state index in [0.29, 0.717) is 24.2 Å². The summed E-state index contributed by atoms with van der Waals surface area (Å²) in [6.07, 6.45) is 2.13. The SMILES string of the molecule is COc1ccc(C)nc1NCc1csc(N(C(C)=O)C2CC2)n1. The highest BCUT2D eigenvalue weighted by Crippen LogP contribution is 2.33. The van der Waals surface area contributed by atoms with Crippen LogP contribution in [0.3, 0.4) is 0 Å². The average molecular weight is 332 g/mol. The van der Waals surface area contributed by atoms with E-state index >= 15 is 0 Å². The third-order valence-corrected chi connectivity index (χ3v) is 4.54. The summed E-state index contributed by atoms with van der Waals surface area (Å²) in [7, 11) is 1.62. The first-order valence-electron chi connectivity index (χ1n) is 7.58. The van der Waals surface area contributed by atoms with Crippen LogP contribution in [0.25, 0.3) is 0 Å². The smallest absolute Gasteiger partial charge is 0.225 e. The first kappa shape index (κ1) is 15.7. The summed E-state index contributed by atoms with van der Waals surface area (Å²) in [5, 5.41) is 6.01. The normalized spacial score (nSPS) is 13.7. The lowest BCUT2D eigenvalue weighted by Crippen LogP contribution is -2.30. The number of carbonyl (C=O) groups excluding carboxylic acids is 1. The zero-order valence-corrected chi connectivity index (χ0v) is 14.3. The van der Waals surface area contributed by atoms with Crippen molar-refractivity contribution in [3.8, 4) is 5.75 Å². The Hall–Kier alpha value is -2.15. The van der Waals surface area contributed by atoms with Gasteiger partial charge in [-0.15, -0.1) is 11.3 Å². The molecular formula is C16H20N4O2S. The minimum Gasteiger partial charge on any atom is -0.493 e. The fourth-order valence-corrected chi connectivity index (χ4v) is 3.32. The summed E-state index contributed by atoms with van der Waals surface area (Å²) >= 11 is 1.50. The second-order valence-electron chi connectivity index (χ2n) is 5.60. The van der Waals surface area contributed by atoms with Gasteiger partial charge in [0.25, 0.3) is 0 Å². The minimum atomic E-state index is 0.0587. The second kappa shape index (κ2) is 6.54. The second-order valence-corrected chi connectivity index (χ2v) is 6.44.